The monoisotopic (exact) mass is 359 g/mol. The van der Waals surface area contributed by atoms with Crippen LogP contribution in [0.5, 0.6) is 0 Å². The largest absolute Gasteiger partial charge is 0.299 e. The minimum Gasteiger partial charge on any atom is -0.299 e. The van der Waals surface area contributed by atoms with Crippen molar-refractivity contribution in [1.29, 1.82) is 0 Å². The van der Waals surface area contributed by atoms with Crippen molar-refractivity contribution in [2.45, 2.75) is 86.0 Å². The predicted molar refractivity (Wildman–Crippen MR) is 101 cm³/mol. The lowest BCUT2D eigenvalue weighted by atomic mass is 9.37. The number of carbonyl (C=O) groups excluding carboxylic acids is 1. The molecule has 0 aromatic carbocycles. The van der Waals surface area contributed by atoms with E-state index in [0.717, 1.165) is 44.1 Å². The molecule has 4 nitrogen and oxygen atoms in total. The summed E-state index contributed by atoms with van der Waals surface area (Å²) in [6.45, 7) is 11.4. The Labute approximate surface area is 157 Å². The predicted octanol–water partition coefficient (Wildman–Crippen LogP) is 5.54. The molecule has 0 unspecified atom stereocenters. The normalized spacial score (nSPS) is 50.9. The van der Waals surface area contributed by atoms with E-state index in [4.69, 9.17) is 0 Å². The second-order valence-electron chi connectivity index (χ2n) is 10.7. The molecule has 0 aromatic rings. The Kier molecular flexibility index (Phi) is 3.64. The number of hydrogen-bond donors (Lipinski definition) is 0. The molecule has 0 aliphatic heterocycles. The second kappa shape index (κ2) is 5.20. The summed E-state index contributed by atoms with van der Waals surface area (Å²) in [6, 6.07) is 0. The van der Waals surface area contributed by atoms with Crippen LogP contribution in [-0.2, 0) is 4.79 Å². The number of allylic oxidation sites excluding steroid dienone is 2. The van der Waals surface area contributed by atoms with E-state index in [9.17, 15) is 14.9 Å². The molecular formula is C22H33NO3. The Hall–Kier alpha value is -1.19. The van der Waals surface area contributed by atoms with E-state index >= 15 is 0 Å². The molecule has 0 heterocycles. The number of Topliss-reactive ketones (excluding diaryl/α,β-unsaturated/α-hetero) is 1. The third-order valence-electron chi connectivity index (χ3n) is 10.0. The van der Waals surface area contributed by atoms with Crippen molar-refractivity contribution >= 4 is 5.78 Å². The van der Waals surface area contributed by atoms with Gasteiger partial charge in [0.15, 0.2) is 0 Å². The molecule has 0 bridgehead atoms. The highest BCUT2D eigenvalue weighted by Gasteiger charge is 2.70. The van der Waals surface area contributed by atoms with Crippen LogP contribution < -0.4 is 0 Å². The number of hydrogen-bond acceptors (Lipinski definition) is 3. The van der Waals surface area contributed by atoms with Crippen LogP contribution in [0.3, 0.4) is 0 Å². The van der Waals surface area contributed by atoms with Crippen LogP contribution in [0.25, 0.3) is 0 Å². The third-order valence-corrected chi connectivity index (χ3v) is 10.0. The summed E-state index contributed by atoms with van der Waals surface area (Å²) in [5, 5.41) is 12.1. The second-order valence-corrected chi connectivity index (χ2v) is 10.7. The molecule has 144 valence electrons. The molecule has 0 N–H and O–H groups in total. The molecule has 0 spiro atoms. The minimum absolute atomic E-state index is 0.0564. The summed E-state index contributed by atoms with van der Waals surface area (Å²) in [5.41, 5.74) is 1.18. The topological polar surface area (TPSA) is 60.2 Å². The van der Waals surface area contributed by atoms with E-state index < -0.39 is 0 Å². The quantitative estimate of drug-likeness (QED) is 0.456. The van der Waals surface area contributed by atoms with Gasteiger partial charge in [0.2, 0.25) is 5.70 Å². The van der Waals surface area contributed by atoms with Crippen molar-refractivity contribution < 1.29 is 9.72 Å². The summed E-state index contributed by atoms with van der Waals surface area (Å²) in [6.07, 6.45) is 7.15. The Morgan fingerprint density at radius 3 is 2.27 bits per heavy atom. The van der Waals surface area contributed by atoms with E-state index in [-0.39, 0.29) is 32.5 Å². The van der Waals surface area contributed by atoms with Crippen LogP contribution in [0.15, 0.2) is 11.3 Å². The van der Waals surface area contributed by atoms with Crippen LogP contribution in [0.4, 0.5) is 0 Å². The van der Waals surface area contributed by atoms with E-state index in [2.05, 4.69) is 34.6 Å². The number of rotatable bonds is 1. The number of carbonyl (C=O) groups is 1. The molecule has 0 aromatic heterocycles. The lowest BCUT2D eigenvalue weighted by molar-refractivity contribution is -0.436. The molecule has 4 aliphatic carbocycles. The highest BCUT2D eigenvalue weighted by molar-refractivity contribution is 5.88. The third kappa shape index (κ3) is 1.89. The SMILES string of the molecule is C[C@H]1CC[C@@]2(C)C(=C([N+](=O)[O-])C[C@@H]3[C@]2(C)CC[C@]2(C)C(=O)CC[C@@]32C)C1. The summed E-state index contributed by atoms with van der Waals surface area (Å²) < 4.78 is 0. The first-order valence-electron chi connectivity index (χ1n) is 10.4. The van der Waals surface area contributed by atoms with Crippen molar-refractivity contribution in [3.05, 3.63) is 21.4 Å². The number of nitrogens with zero attached hydrogens (tertiary/aromatic N) is 1. The molecule has 0 saturated heterocycles. The molecule has 3 saturated carbocycles. The smallest absolute Gasteiger partial charge is 0.246 e. The van der Waals surface area contributed by atoms with Gasteiger partial charge in [0.1, 0.15) is 5.78 Å². The van der Waals surface area contributed by atoms with Crippen LogP contribution in [-0.4, -0.2) is 10.7 Å². The van der Waals surface area contributed by atoms with Gasteiger partial charge in [-0.3, -0.25) is 14.9 Å². The van der Waals surface area contributed by atoms with Crippen molar-refractivity contribution in [3.8, 4) is 0 Å². The fraction of sp³-hybridized carbons (Fsp3) is 0.864. The number of nitro groups is 1. The molecule has 3 fully saturated rings. The zero-order valence-electron chi connectivity index (χ0n) is 17.0. The van der Waals surface area contributed by atoms with Crippen LogP contribution in [0.1, 0.15) is 86.0 Å². The van der Waals surface area contributed by atoms with Crippen molar-refractivity contribution in [2.24, 2.45) is 33.5 Å². The van der Waals surface area contributed by atoms with Gasteiger partial charge in [-0.15, -0.1) is 0 Å². The van der Waals surface area contributed by atoms with Crippen LogP contribution >= 0.6 is 0 Å². The zero-order valence-corrected chi connectivity index (χ0v) is 17.0. The van der Waals surface area contributed by atoms with Crippen molar-refractivity contribution in [3.63, 3.8) is 0 Å². The van der Waals surface area contributed by atoms with E-state index in [1.54, 1.807) is 0 Å². The summed E-state index contributed by atoms with van der Waals surface area (Å²) in [4.78, 5) is 24.8. The van der Waals surface area contributed by atoms with Crippen molar-refractivity contribution in [2.75, 3.05) is 0 Å². The number of ketones is 1. The molecule has 0 radical (unpaired) electrons. The summed E-state index contributed by atoms with van der Waals surface area (Å²) in [7, 11) is 0. The highest BCUT2D eigenvalue weighted by Crippen LogP contribution is 2.75. The molecule has 4 rings (SSSR count). The Morgan fingerprint density at radius 2 is 1.62 bits per heavy atom. The fourth-order valence-corrected chi connectivity index (χ4v) is 7.65. The number of fused-ring (bicyclic) bond motifs is 5. The van der Waals surface area contributed by atoms with Crippen molar-refractivity contribution in [1.82, 2.24) is 0 Å². The first-order chi connectivity index (χ1) is 12.0. The molecule has 26 heavy (non-hydrogen) atoms. The Balaban J connectivity index is 1.91. The average Bonchev–Trinajstić information content (AvgIpc) is 2.81. The Morgan fingerprint density at radius 1 is 0.962 bits per heavy atom. The van der Waals surface area contributed by atoms with Gasteiger partial charge in [-0.1, -0.05) is 34.6 Å². The molecule has 6 atom stereocenters. The van der Waals surface area contributed by atoms with Crippen LogP contribution in [0, 0.1) is 43.6 Å². The molecule has 0 amide bonds. The first-order valence-corrected chi connectivity index (χ1v) is 10.4. The molecule has 4 heteroatoms. The van der Waals surface area contributed by atoms with E-state index in [0.29, 0.717) is 30.2 Å². The Bertz CT molecular complexity index is 727. The summed E-state index contributed by atoms with van der Waals surface area (Å²) >= 11 is 0. The lowest BCUT2D eigenvalue weighted by Crippen LogP contribution is -2.61. The fourth-order valence-electron chi connectivity index (χ4n) is 7.65. The molecule has 4 aliphatic rings. The van der Waals surface area contributed by atoms with Gasteiger partial charge in [0, 0.05) is 29.2 Å². The van der Waals surface area contributed by atoms with Gasteiger partial charge in [-0.2, -0.15) is 0 Å². The van der Waals surface area contributed by atoms with Gasteiger partial charge < -0.3 is 0 Å². The average molecular weight is 360 g/mol. The maximum absolute atomic E-state index is 12.8. The zero-order chi connectivity index (χ0) is 19.1. The lowest BCUT2D eigenvalue weighted by Gasteiger charge is -2.66. The minimum atomic E-state index is -0.297. The molecular weight excluding hydrogens is 326 g/mol. The first kappa shape index (κ1) is 18.2. The van der Waals surface area contributed by atoms with Gasteiger partial charge >= 0.3 is 0 Å². The van der Waals surface area contributed by atoms with E-state index in [1.165, 1.54) is 0 Å². The van der Waals surface area contributed by atoms with Crippen LogP contribution in [0.2, 0.25) is 0 Å². The summed E-state index contributed by atoms with van der Waals surface area (Å²) in [5.74, 6) is 1.15. The highest BCUT2D eigenvalue weighted by atomic mass is 16.6. The van der Waals surface area contributed by atoms with Gasteiger partial charge in [-0.25, -0.2) is 0 Å². The van der Waals surface area contributed by atoms with Gasteiger partial charge in [0.25, 0.3) is 0 Å². The standard InChI is InChI=1S/C22H33NO3/c1-14-6-8-19(2)15(12-14)16(23(25)26)13-17-20(3)9-7-18(24)22(20,5)11-10-21(17,19)4/h14,17H,6-13H2,1-5H3/t14-,17-,19-,20-,21-,22+/m0/s1. The van der Waals surface area contributed by atoms with E-state index in [1.807, 2.05) is 0 Å². The van der Waals surface area contributed by atoms with Gasteiger partial charge in [-0.05, 0) is 61.2 Å². The maximum atomic E-state index is 12.8. The maximum Gasteiger partial charge on any atom is 0.246 e. The van der Waals surface area contributed by atoms with Gasteiger partial charge in [0.05, 0.1) is 4.92 Å².